The van der Waals surface area contributed by atoms with Gasteiger partial charge in [0.1, 0.15) is 5.69 Å². The van der Waals surface area contributed by atoms with E-state index in [2.05, 4.69) is 17.6 Å². The lowest BCUT2D eigenvalue weighted by Crippen LogP contribution is -2.03. The fourth-order valence-corrected chi connectivity index (χ4v) is 1.53. The van der Waals surface area contributed by atoms with Crippen molar-refractivity contribution in [3.05, 3.63) is 10.7 Å². The maximum Gasteiger partial charge on any atom is 0.443 e. The SMILES string of the molecule is O=Cc1nc(C(F)(F)F)sc1S. The van der Waals surface area contributed by atoms with Gasteiger partial charge in [-0.05, 0) is 0 Å². The van der Waals surface area contributed by atoms with Crippen LogP contribution >= 0.6 is 24.0 Å². The van der Waals surface area contributed by atoms with E-state index in [1.165, 1.54) is 0 Å². The summed E-state index contributed by atoms with van der Waals surface area (Å²) in [4.78, 5) is 13.1. The zero-order chi connectivity index (χ0) is 9.35. The molecular formula is C5H2F3NOS2. The molecule has 1 aromatic heterocycles. The fraction of sp³-hybridized carbons (Fsp3) is 0.200. The van der Waals surface area contributed by atoms with E-state index in [0.29, 0.717) is 11.3 Å². The molecule has 2 nitrogen and oxygen atoms in total. The summed E-state index contributed by atoms with van der Waals surface area (Å²) in [5.41, 5.74) is -0.268. The largest absolute Gasteiger partial charge is 0.443 e. The van der Waals surface area contributed by atoms with Crippen LogP contribution in [-0.2, 0) is 6.18 Å². The molecule has 0 radical (unpaired) electrons. The molecule has 0 unspecified atom stereocenters. The minimum absolute atomic E-state index is 0.0164. The van der Waals surface area contributed by atoms with Crippen molar-refractivity contribution in [1.82, 2.24) is 4.98 Å². The van der Waals surface area contributed by atoms with Gasteiger partial charge in [-0.15, -0.1) is 24.0 Å². The molecule has 0 atom stereocenters. The summed E-state index contributed by atoms with van der Waals surface area (Å²) in [5, 5.41) is -1.05. The Morgan fingerprint density at radius 1 is 1.50 bits per heavy atom. The van der Waals surface area contributed by atoms with Gasteiger partial charge in [0, 0.05) is 0 Å². The Morgan fingerprint density at radius 2 is 2.08 bits per heavy atom. The molecule has 0 saturated carbocycles. The van der Waals surface area contributed by atoms with Gasteiger partial charge < -0.3 is 0 Å². The first kappa shape index (κ1) is 9.53. The predicted octanol–water partition coefficient (Wildman–Crippen LogP) is 2.26. The van der Waals surface area contributed by atoms with Crippen molar-refractivity contribution in [2.45, 2.75) is 10.4 Å². The highest BCUT2D eigenvalue weighted by Crippen LogP contribution is 2.34. The average Bonchev–Trinajstić information content (AvgIpc) is 2.29. The lowest BCUT2D eigenvalue weighted by molar-refractivity contribution is -0.137. The molecule has 0 bridgehead atoms. The third-order valence-corrected chi connectivity index (χ3v) is 2.41. The summed E-state index contributed by atoms with van der Waals surface area (Å²) in [6.45, 7) is 0. The summed E-state index contributed by atoms with van der Waals surface area (Å²) in [7, 11) is 0. The average molecular weight is 213 g/mol. The lowest BCUT2D eigenvalue weighted by Gasteiger charge is -1.98. The second-order valence-corrected chi connectivity index (χ2v) is 3.57. The summed E-state index contributed by atoms with van der Waals surface area (Å²) in [6, 6.07) is 0. The molecule has 7 heteroatoms. The summed E-state index contributed by atoms with van der Waals surface area (Å²) in [5.74, 6) is 0. The first-order chi connectivity index (χ1) is 5.45. The maximum atomic E-state index is 11.9. The van der Waals surface area contributed by atoms with E-state index in [9.17, 15) is 18.0 Å². The molecule has 12 heavy (non-hydrogen) atoms. The van der Waals surface area contributed by atoms with Crippen LogP contribution in [0.25, 0.3) is 0 Å². The van der Waals surface area contributed by atoms with Crippen molar-refractivity contribution in [3.8, 4) is 0 Å². The topological polar surface area (TPSA) is 30.0 Å². The van der Waals surface area contributed by atoms with E-state index < -0.39 is 11.2 Å². The number of hydrogen-bond donors (Lipinski definition) is 1. The van der Waals surface area contributed by atoms with Gasteiger partial charge in [0.25, 0.3) is 0 Å². The summed E-state index contributed by atoms with van der Waals surface area (Å²) in [6.07, 6.45) is -4.25. The number of alkyl halides is 3. The highest BCUT2D eigenvalue weighted by molar-refractivity contribution is 7.83. The Kier molecular flexibility index (Phi) is 2.43. The van der Waals surface area contributed by atoms with E-state index in [-0.39, 0.29) is 16.2 Å². The Labute approximate surface area is 74.8 Å². The van der Waals surface area contributed by atoms with Crippen molar-refractivity contribution < 1.29 is 18.0 Å². The molecule has 0 amide bonds. The normalized spacial score (nSPS) is 11.7. The van der Waals surface area contributed by atoms with Crippen molar-refractivity contribution in [2.24, 2.45) is 0 Å². The van der Waals surface area contributed by atoms with Crippen molar-refractivity contribution in [3.63, 3.8) is 0 Å². The number of rotatable bonds is 1. The minimum atomic E-state index is -4.50. The van der Waals surface area contributed by atoms with Gasteiger partial charge in [-0.1, -0.05) is 0 Å². The van der Waals surface area contributed by atoms with Gasteiger partial charge in [0.05, 0.1) is 4.21 Å². The number of carbonyl (C=O) groups excluding carboxylic acids is 1. The molecule has 1 heterocycles. The maximum absolute atomic E-state index is 11.9. The van der Waals surface area contributed by atoms with Gasteiger partial charge in [-0.2, -0.15) is 13.2 Å². The zero-order valence-electron chi connectivity index (χ0n) is 5.42. The Balaban J connectivity index is 3.13. The van der Waals surface area contributed by atoms with Crippen molar-refractivity contribution >= 4 is 30.3 Å². The van der Waals surface area contributed by atoms with Crippen LogP contribution in [-0.4, -0.2) is 11.3 Å². The molecule has 0 saturated heterocycles. The molecule has 0 aliphatic carbocycles. The van der Waals surface area contributed by atoms with Gasteiger partial charge in [0.15, 0.2) is 11.3 Å². The quantitative estimate of drug-likeness (QED) is 0.573. The second kappa shape index (κ2) is 3.06. The minimum Gasteiger partial charge on any atom is -0.296 e. The molecular weight excluding hydrogens is 211 g/mol. The van der Waals surface area contributed by atoms with Gasteiger partial charge >= 0.3 is 6.18 Å². The number of halogens is 3. The van der Waals surface area contributed by atoms with E-state index >= 15 is 0 Å². The van der Waals surface area contributed by atoms with Crippen molar-refractivity contribution in [2.75, 3.05) is 0 Å². The number of hydrogen-bond acceptors (Lipinski definition) is 4. The smallest absolute Gasteiger partial charge is 0.296 e. The van der Waals surface area contributed by atoms with Crippen molar-refractivity contribution in [1.29, 1.82) is 0 Å². The Bertz CT molecular complexity index is 306. The molecule has 0 aromatic carbocycles. The number of nitrogens with zero attached hydrogens (tertiary/aromatic N) is 1. The molecule has 0 aliphatic heterocycles. The molecule has 66 valence electrons. The molecule has 0 fully saturated rings. The van der Waals surface area contributed by atoms with Gasteiger partial charge in [-0.25, -0.2) is 4.98 Å². The number of aromatic nitrogens is 1. The monoisotopic (exact) mass is 213 g/mol. The Morgan fingerprint density at radius 3 is 2.33 bits per heavy atom. The molecule has 0 spiro atoms. The standard InChI is InChI=1S/C5H2F3NOS2/c6-5(7,8)4-9-2(1-10)3(11)12-4/h1,11H. The number of thiazole rings is 1. The number of carbonyl (C=O) groups is 1. The molecule has 1 rings (SSSR count). The number of aldehydes is 1. The van der Waals surface area contributed by atoms with Crippen LogP contribution in [0.5, 0.6) is 0 Å². The Hall–Kier alpha value is -0.560. The highest BCUT2D eigenvalue weighted by Gasteiger charge is 2.35. The highest BCUT2D eigenvalue weighted by atomic mass is 32.2. The summed E-state index contributed by atoms with van der Waals surface area (Å²) >= 11 is 4.00. The van der Waals surface area contributed by atoms with Crippen LogP contribution in [0.15, 0.2) is 4.21 Å². The third-order valence-electron chi connectivity index (χ3n) is 0.989. The van der Waals surface area contributed by atoms with Gasteiger partial charge in [0.2, 0.25) is 0 Å². The first-order valence-corrected chi connectivity index (χ1v) is 3.93. The molecule has 0 N–H and O–H groups in total. The van der Waals surface area contributed by atoms with Crippen LogP contribution in [0.2, 0.25) is 0 Å². The summed E-state index contributed by atoms with van der Waals surface area (Å²) < 4.78 is 35.7. The van der Waals surface area contributed by atoms with Crippen LogP contribution in [0.4, 0.5) is 13.2 Å². The lowest BCUT2D eigenvalue weighted by atomic mass is 10.5. The first-order valence-electron chi connectivity index (χ1n) is 2.67. The van der Waals surface area contributed by atoms with Crippen LogP contribution in [0, 0.1) is 0 Å². The molecule has 1 aromatic rings. The molecule has 0 aliphatic rings. The zero-order valence-corrected chi connectivity index (χ0v) is 7.13. The van der Waals surface area contributed by atoms with E-state index in [1.54, 1.807) is 0 Å². The third kappa shape index (κ3) is 1.78. The number of thiol groups is 1. The van der Waals surface area contributed by atoms with Crippen LogP contribution in [0.3, 0.4) is 0 Å². The second-order valence-electron chi connectivity index (χ2n) is 1.83. The van der Waals surface area contributed by atoms with Crippen LogP contribution in [0.1, 0.15) is 15.5 Å². The fourth-order valence-electron chi connectivity index (χ4n) is 0.522. The predicted molar refractivity (Wildman–Crippen MR) is 39.8 cm³/mol. The van der Waals surface area contributed by atoms with Gasteiger partial charge in [-0.3, -0.25) is 4.79 Å². The van der Waals surface area contributed by atoms with Crippen LogP contribution < -0.4 is 0 Å². The van der Waals surface area contributed by atoms with E-state index in [4.69, 9.17) is 0 Å². The van der Waals surface area contributed by atoms with E-state index in [1.807, 2.05) is 0 Å². The van der Waals surface area contributed by atoms with E-state index in [0.717, 1.165) is 0 Å².